The van der Waals surface area contributed by atoms with Crippen molar-refractivity contribution in [2.24, 2.45) is 9.98 Å². The van der Waals surface area contributed by atoms with Crippen molar-refractivity contribution in [3.8, 4) is 17.2 Å². The summed E-state index contributed by atoms with van der Waals surface area (Å²) in [6.07, 6.45) is 0.271. The molecule has 1 aliphatic heterocycles. The number of amidine groups is 1. The molecule has 1 atom stereocenters. The molecule has 0 fully saturated rings. The average molecular weight is 533 g/mol. The van der Waals surface area contributed by atoms with Gasteiger partial charge in [-0.15, -0.1) is 5.06 Å². The molecule has 4 rings (SSSR count). The molecule has 12 heteroatoms. The lowest BCUT2D eigenvalue weighted by Gasteiger charge is -2.25. The van der Waals surface area contributed by atoms with Crippen molar-refractivity contribution < 1.29 is 42.9 Å². The van der Waals surface area contributed by atoms with Gasteiger partial charge >= 0.3 is 23.9 Å². The predicted molar refractivity (Wildman–Crippen MR) is 137 cm³/mol. The Labute approximate surface area is 222 Å². The highest BCUT2D eigenvalue weighted by Crippen LogP contribution is 2.21. The van der Waals surface area contributed by atoms with Crippen LogP contribution >= 0.6 is 0 Å². The van der Waals surface area contributed by atoms with Gasteiger partial charge < -0.3 is 28.5 Å². The molecule has 1 unspecified atom stereocenters. The van der Waals surface area contributed by atoms with Crippen LogP contribution in [0.15, 0.2) is 82.8 Å². The smallest absolute Gasteiger partial charge is 0.338 e. The standard InChI is InChI=1S/C27H23N3O9/c1-34-23(31)17-4-10-20(11-5-17)37-26-28-16-30(39-22-14-8-19(9-15-22)25(33)36-3)27(29-26)38-21-12-6-18(7-13-21)24(32)35-2/h4-16,26H,1-3H3. The molecule has 0 aromatic heterocycles. The maximum absolute atomic E-state index is 11.7. The van der Waals surface area contributed by atoms with Gasteiger partial charge in [-0.2, -0.15) is 4.99 Å². The van der Waals surface area contributed by atoms with E-state index >= 15 is 0 Å². The van der Waals surface area contributed by atoms with Crippen molar-refractivity contribution >= 4 is 30.3 Å². The molecule has 3 aromatic rings. The van der Waals surface area contributed by atoms with E-state index < -0.39 is 24.3 Å². The summed E-state index contributed by atoms with van der Waals surface area (Å²) < 4.78 is 25.8. The molecule has 0 radical (unpaired) electrons. The van der Waals surface area contributed by atoms with Crippen LogP contribution in [0.2, 0.25) is 0 Å². The third-order valence-electron chi connectivity index (χ3n) is 5.19. The number of aliphatic imine (C=N–C) groups is 2. The lowest BCUT2D eigenvalue weighted by molar-refractivity contribution is 0.0589. The van der Waals surface area contributed by atoms with Crippen LogP contribution in [0.25, 0.3) is 0 Å². The summed E-state index contributed by atoms with van der Waals surface area (Å²) in [5.41, 5.74) is 1.05. The van der Waals surface area contributed by atoms with Crippen LogP contribution in [0.4, 0.5) is 0 Å². The number of carbonyl (C=O) groups is 3. The molecular weight excluding hydrogens is 510 g/mol. The minimum atomic E-state index is -1.04. The van der Waals surface area contributed by atoms with E-state index in [-0.39, 0.29) is 6.02 Å². The van der Waals surface area contributed by atoms with Crippen LogP contribution in [0.3, 0.4) is 0 Å². The zero-order chi connectivity index (χ0) is 27.8. The van der Waals surface area contributed by atoms with Crippen molar-refractivity contribution in [3.63, 3.8) is 0 Å². The van der Waals surface area contributed by atoms with Crippen molar-refractivity contribution in [2.75, 3.05) is 21.3 Å². The SMILES string of the molecule is COC(=O)c1ccc(OC2=NC(Oc3ccc(C(=O)OC)cc3)N=CN2Oc2ccc(C(=O)OC)cc2)cc1. The minimum absolute atomic E-state index is 0.0379. The quantitative estimate of drug-likeness (QED) is 0.313. The lowest BCUT2D eigenvalue weighted by Crippen LogP contribution is -2.41. The topological polar surface area (TPSA) is 135 Å². The van der Waals surface area contributed by atoms with Crippen molar-refractivity contribution in [1.82, 2.24) is 5.06 Å². The van der Waals surface area contributed by atoms with Gasteiger partial charge in [-0.1, -0.05) is 0 Å². The number of ether oxygens (including phenoxy) is 5. The maximum Gasteiger partial charge on any atom is 0.338 e. The molecular formula is C27H23N3O9. The second-order valence-corrected chi connectivity index (χ2v) is 7.69. The van der Waals surface area contributed by atoms with Gasteiger partial charge in [0.25, 0.3) is 6.35 Å². The summed E-state index contributed by atoms with van der Waals surface area (Å²) in [6, 6.07) is 18.6. The monoisotopic (exact) mass is 533 g/mol. The Balaban J connectivity index is 1.54. The minimum Gasteiger partial charge on any atom is -0.465 e. The number of rotatable bonds is 8. The van der Waals surface area contributed by atoms with E-state index in [4.69, 9.17) is 28.5 Å². The van der Waals surface area contributed by atoms with Gasteiger partial charge in [0.2, 0.25) is 0 Å². The van der Waals surface area contributed by atoms with Crippen LogP contribution in [0, 0.1) is 0 Å². The zero-order valence-electron chi connectivity index (χ0n) is 21.1. The second-order valence-electron chi connectivity index (χ2n) is 7.69. The summed E-state index contributed by atoms with van der Waals surface area (Å²) >= 11 is 0. The van der Waals surface area contributed by atoms with Crippen LogP contribution < -0.4 is 14.3 Å². The maximum atomic E-state index is 11.7. The fraction of sp³-hybridized carbons (Fsp3) is 0.148. The molecule has 1 heterocycles. The number of hydrogen-bond donors (Lipinski definition) is 0. The lowest BCUT2D eigenvalue weighted by atomic mass is 10.2. The highest BCUT2D eigenvalue weighted by molar-refractivity contribution is 5.91. The number of nitrogens with zero attached hydrogens (tertiary/aromatic N) is 3. The van der Waals surface area contributed by atoms with Crippen LogP contribution in [0.5, 0.6) is 17.2 Å². The Morgan fingerprint density at radius 3 is 1.54 bits per heavy atom. The molecule has 0 N–H and O–H groups in total. The average Bonchev–Trinajstić information content (AvgIpc) is 2.98. The fourth-order valence-corrected chi connectivity index (χ4v) is 3.22. The molecule has 200 valence electrons. The first-order chi connectivity index (χ1) is 18.9. The summed E-state index contributed by atoms with van der Waals surface area (Å²) in [5.74, 6) is -0.367. The molecule has 0 aliphatic carbocycles. The molecule has 12 nitrogen and oxygen atoms in total. The first-order valence-corrected chi connectivity index (χ1v) is 11.4. The van der Waals surface area contributed by atoms with Gasteiger partial charge in [0, 0.05) is 0 Å². The fourth-order valence-electron chi connectivity index (χ4n) is 3.22. The van der Waals surface area contributed by atoms with E-state index in [1.807, 2.05) is 0 Å². The predicted octanol–water partition coefficient (Wildman–Crippen LogP) is 3.48. The normalized spacial score (nSPS) is 14.1. The Hall–Kier alpha value is -5.39. The van der Waals surface area contributed by atoms with E-state index in [2.05, 4.69) is 9.98 Å². The summed E-state index contributed by atoms with van der Waals surface area (Å²) in [5, 5.41) is 1.17. The Kier molecular flexibility index (Phi) is 8.36. The molecule has 3 aromatic carbocycles. The third-order valence-corrected chi connectivity index (χ3v) is 5.19. The van der Waals surface area contributed by atoms with Gasteiger partial charge in [-0.05, 0) is 72.8 Å². The first-order valence-electron chi connectivity index (χ1n) is 11.4. The van der Waals surface area contributed by atoms with E-state index in [1.165, 1.54) is 57.0 Å². The van der Waals surface area contributed by atoms with Gasteiger partial charge in [0.1, 0.15) is 17.8 Å². The highest BCUT2D eigenvalue weighted by atomic mass is 16.7. The van der Waals surface area contributed by atoms with Crippen LogP contribution in [-0.4, -0.2) is 63.0 Å². The Morgan fingerprint density at radius 2 is 1.08 bits per heavy atom. The Morgan fingerprint density at radius 1 is 0.641 bits per heavy atom. The van der Waals surface area contributed by atoms with Crippen molar-refractivity contribution in [3.05, 3.63) is 89.5 Å². The Bertz CT molecular complexity index is 1390. The van der Waals surface area contributed by atoms with Gasteiger partial charge in [0.05, 0.1) is 38.0 Å². The van der Waals surface area contributed by atoms with E-state index in [1.54, 1.807) is 48.5 Å². The zero-order valence-corrected chi connectivity index (χ0v) is 21.1. The van der Waals surface area contributed by atoms with E-state index in [0.717, 1.165) is 0 Å². The van der Waals surface area contributed by atoms with E-state index in [9.17, 15) is 14.4 Å². The molecule has 0 saturated heterocycles. The number of esters is 3. The summed E-state index contributed by atoms with van der Waals surface area (Å²) in [4.78, 5) is 49.6. The first kappa shape index (κ1) is 26.7. The number of hydroxylamine groups is 2. The van der Waals surface area contributed by atoms with Crippen molar-refractivity contribution in [1.29, 1.82) is 0 Å². The number of methoxy groups -OCH3 is 3. The summed E-state index contributed by atoms with van der Waals surface area (Å²) in [6.45, 7) is 0. The molecule has 1 aliphatic rings. The van der Waals surface area contributed by atoms with Crippen molar-refractivity contribution in [2.45, 2.75) is 6.35 Å². The molecule has 0 saturated carbocycles. The van der Waals surface area contributed by atoms with Crippen LogP contribution in [0.1, 0.15) is 31.1 Å². The number of carbonyl (C=O) groups excluding carboxylic acids is 3. The highest BCUT2D eigenvalue weighted by Gasteiger charge is 2.24. The molecule has 0 bridgehead atoms. The number of benzene rings is 3. The van der Waals surface area contributed by atoms with Gasteiger partial charge in [-0.3, -0.25) is 0 Å². The number of hydrogen-bond acceptors (Lipinski definition) is 12. The second kappa shape index (κ2) is 12.2. The van der Waals surface area contributed by atoms with Gasteiger partial charge in [0.15, 0.2) is 5.75 Å². The molecule has 39 heavy (non-hydrogen) atoms. The molecule has 0 amide bonds. The third kappa shape index (κ3) is 6.68. The largest absolute Gasteiger partial charge is 0.465 e. The molecule has 0 spiro atoms. The van der Waals surface area contributed by atoms with Gasteiger partial charge in [-0.25, -0.2) is 19.4 Å². The van der Waals surface area contributed by atoms with E-state index in [0.29, 0.717) is 33.9 Å². The van der Waals surface area contributed by atoms with Crippen LogP contribution in [-0.2, 0) is 14.2 Å². The summed E-state index contributed by atoms with van der Waals surface area (Å²) in [7, 11) is 3.88.